The first-order valence-corrected chi connectivity index (χ1v) is 8.24. The van der Waals surface area contributed by atoms with E-state index in [1.807, 2.05) is 5.32 Å². The Hall–Kier alpha value is -3.64. The lowest BCUT2D eigenvalue weighted by Gasteiger charge is -2.13. The van der Waals surface area contributed by atoms with E-state index in [2.05, 4.69) is 4.74 Å². The van der Waals surface area contributed by atoms with Crippen LogP contribution in [0, 0.1) is 10.1 Å². The molecule has 0 spiro atoms. The minimum atomic E-state index is -5.01. The van der Waals surface area contributed by atoms with E-state index in [1.54, 1.807) is 0 Å². The van der Waals surface area contributed by atoms with Crippen LogP contribution >= 0.6 is 0 Å². The van der Waals surface area contributed by atoms with Crippen molar-refractivity contribution >= 4 is 23.3 Å². The molecule has 0 heterocycles. The van der Waals surface area contributed by atoms with E-state index in [1.165, 1.54) is 0 Å². The molecular formula is C18H12F6N2O5. The van der Waals surface area contributed by atoms with Crippen molar-refractivity contribution in [2.24, 2.45) is 0 Å². The Kier molecular flexibility index (Phi) is 6.88. The number of carbonyl (C=O) groups excluding carboxylic acids is 2. The van der Waals surface area contributed by atoms with Crippen LogP contribution in [0.1, 0.15) is 16.7 Å². The number of nitro benzene ring substituents is 1. The molecule has 0 atom stereocenters. The Morgan fingerprint density at radius 2 is 1.58 bits per heavy atom. The zero-order chi connectivity index (χ0) is 23.4. The number of non-ortho nitro benzene ring substituents is 1. The third-order valence-electron chi connectivity index (χ3n) is 3.79. The summed E-state index contributed by atoms with van der Waals surface area (Å²) in [6, 6.07) is 5.26. The normalized spacial score (nSPS) is 11.7. The summed E-state index contributed by atoms with van der Waals surface area (Å²) in [5.41, 5.74) is -3.85. The molecule has 31 heavy (non-hydrogen) atoms. The number of nitrogens with one attached hydrogen (secondary N) is 1. The first kappa shape index (κ1) is 23.6. The maximum absolute atomic E-state index is 13.1. The smallest absolute Gasteiger partial charge is 0.418 e. The van der Waals surface area contributed by atoms with Gasteiger partial charge in [-0.1, -0.05) is 12.1 Å². The van der Waals surface area contributed by atoms with Gasteiger partial charge in [-0.15, -0.1) is 0 Å². The molecule has 0 bridgehead atoms. The van der Waals surface area contributed by atoms with E-state index in [0.29, 0.717) is 6.07 Å². The molecule has 2 aromatic rings. The van der Waals surface area contributed by atoms with Crippen LogP contribution in [0.5, 0.6) is 0 Å². The largest absolute Gasteiger partial charge is 0.455 e. The molecule has 13 heteroatoms. The number of anilines is 1. The highest BCUT2D eigenvalue weighted by atomic mass is 19.4. The zero-order valence-electron chi connectivity index (χ0n) is 15.2. The van der Waals surface area contributed by atoms with Gasteiger partial charge in [-0.05, 0) is 23.8 Å². The van der Waals surface area contributed by atoms with Gasteiger partial charge in [0.2, 0.25) is 0 Å². The number of amides is 1. The summed E-state index contributed by atoms with van der Waals surface area (Å²) in [6.45, 7) is -0.978. The number of halogens is 6. The van der Waals surface area contributed by atoms with Crippen LogP contribution < -0.4 is 5.32 Å². The van der Waals surface area contributed by atoms with Crippen molar-refractivity contribution in [2.45, 2.75) is 18.8 Å². The summed E-state index contributed by atoms with van der Waals surface area (Å²) in [6.07, 6.45) is -10.0. The van der Waals surface area contributed by atoms with E-state index in [-0.39, 0.29) is 11.6 Å². The second-order valence-electron chi connectivity index (χ2n) is 6.07. The molecule has 0 aromatic heterocycles. The lowest BCUT2D eigenvalue weighted by molar-refractivity contribution is -0.385. The molecule has 0 fully saturated rings. The van der Waals surface area contributed by atoms with E-state index in [0.717, 1.165) is 30.3 Å². The molecule has 166 valence electrons. The Morgan fingerprint density at radius 1 is 0.968 bits per heavy atom. The topological polar surface area (TPSA) is 98.5 Å². The minimum absolute atomic E-state index is 0.160. The molecule has 1 amide bonds. The molecule has 0 unspecified atom stereocenters. The van der Waals surface area contributed by atoms with Crippen molar-refractivity contribution in [1.29, 1.82) is 0 Å². The fourth-order valence-corrected chi connectivity index (χ4v) is 2.35. The number of hydrogen-bond acceptors (Lipinski definition) is 5. The van der Waals surface area contributed by atoms with Gasteiger partial charge in [0.05, 0.1) is 28.2 Å². The number of carbonyl (C=O) groups is 2. The van der Waals surface area contributed by atoms with Crippen molar-refractivity contribution < 1.29 is 45.6 Å². The first-order valence-electron chi connectivity index (χ1n) is 8.24. The summed E-state index contributed by atoms with van der Waals surface area (Å²) in [5, 5.41) is 12.5. The second kappa shape index (κ2) is 9.02. The summed E-state index contributed by atoms with van der Waals surface area (Å²) in [5.74, 6) is -2.16. The maximum Gasteiger partial charge on any atom is 0.418 e. The molecular weight excluding hydrogens is 438 g/mol. The number of nitro groups is 1. The Bertz CT molecular complexity index is 986. The number of esters is 1. The van der Waals surface area contributed by atoms with E-state index in [4.69, 9.17) is 0 Å². The highest BCUT2D eigenvalue weighted by Gasteiger charge is 2.35. The average Bonchev–Trinajstić information content (AvgIpc) is 2.65. The Labute approximate surface area is 169 Å². The molecule has 7 nitrogen and oxygen atoms in total. The monoisotopic (exact) mass is 450 g/mol. The predicted molar refractivity (Wildman–Crippen MR) is 92.8 cm³/mol. The zero-order valence-corrected chi connectivity index (χ0v) is 15.2. The van der Waals surface area contributed by atoms with Crippen LogP contribution in [0.15, 0.2) is 42.5 Å². The van der Waals surface area contributed by atoms with E-state index >= 15 is 0 Å². The van der Waals surface area contributed by atoms with Gasteiger partial charge in [0.15, 0.2) is 6.61 Å². The standard InChI is InChI=1S/C18H12F6N2O5/c19-17(20,21)11-3-1-10(2-4-11)7-16(28)31-9-15(27)25-14-6-5-12(26(29)30)8-13(14)18(22,23)24/h1-6,8H,7,9H2,(H,25,27). The van der Waals surface area contributed by atoms with Crippen LogP contribution in [0.25, 0.3) is 0 Å². The molecule has 0 saturated heterocycles. The van der Waals surface area contributed by atoms with Crippen LogP contribution in [0.2, 0.25) is 0 Å². The minimum Gasteiger partial charge on any atom is -0.455 e. The Balaban J connectivity index is 1.97. The van der Waals surface area contributed by atoms with Crippen molar-refractivity contribution in [3.8, 4) is 0 Å². The molecule has 0 radical (unpaired) electrons. The van der Waals surface area contributed by atoms with E-state index < -0.39 is 64.7 Å². The summed E-state index contributed by atoms with van der Waals surface area (Å²) >= 11 is 0. The number of benzene rings is 2. The second-order valence-corrected chi connectivity index (χ2v) is 6.07. The predicted octanol–water partition coefficient (Wildman–Crippen LogP) is 4.36. The van der Waals surface area contributed by atoms with Crippen LogP contribution in [0.3, 0.4) is 0 Å². The van der Waals surface area contributed by atoms with Gasteiger partial charge in [0.1, 0.15) is 0 Å². The lowest BCUT2D eigenvalue weighted by atomic mass is 10.1. The van der Waals surface area contributed by atoms with E-state index in [9.17, 15) is 46.0 Å². The van der Waals surface area contributed by atoms with Crippen LogP contribution in [-0.4, -0.2) is 23.4 Å². The molecule has 0 aliphatic carbocycles. The van der Waals surface area contributed by atoms with Crippen molar-refractivity contribution in [2.75, 3.05) is 11.9 Å². The number of alkyl halides is 6. The first-order chi connectivity index (χ1) is 14.3. The van der Waals surface area contributed by atoms with Gasteiger partial charge in [-0.2, -0.15) is 26.3 Å². The molecule has 2 aromatic carbocycles. The summed E-state index contributed by atoms with van der Waals surface area (Å²) in [4.78, 5) is 33.1. The highest BCUT2D eigenvalue weighted by molar-refractivity contribution is 5.93. The van der Waals surface area contributed by atoms with Gasteiger partial charge >= 0.3 is 18.3 Å². The average molecular weight is 450 g/mol. The van der Waals surface area contributed by atoms with Crippen LogP contribution in [-0.2, 0) is 33.1 Å². The molecule has 0 aliphatic heterocycles. The third-order valence-corrected chi connectivity index (χ3v) is 3.79. The number of hydrogen-bond donors (Lipinski definition) is 1. The number of ether oxygens (including phenoxy) is 1. The lowest BCUT2D eigenvalue weighted by Crippen LogP contribution is -2.23. The third kappa shape index (κ3) is 6.69. The molecule has 0 saturated carbocycles. The van der Waals surface area contributed by atoms with Crippen LogP contribution in [0.4, 0.5) is 37.7 Å². The van der Waals surface area contributed by atoms with Crippen molar-refractivity contribution in [3.05, 3.63) is 69.3 Å². The van der Waals surface area contributed by atoms with Gasteiger partial charge in [0.25, 0.3) is 11.6 Å². The molecule has 0 aliphatic rings. The quantitative estimate of drug-likeness (QED) is 0.305. The summed E-state index contributed by atoms with van der Waals surface area (Å²) < 4.78 is 81.3. The number of nitrogens with zero attached hydrogens (tertiary/aromatic N) is 1. The SMILES string of the molecule is O=C(COC(=O)Cc1ccc(C(F)(F)F)cc1)Nc1ccc([N+](=O)[O-])cc1C(F)(F)F. The van der Waals surface area contributed by atoms with Gasteiger partial charge in [-0.25, -0.2) is 0 Å². The molecule has 1 N–H and O–H groups in total. The van der Waals surface area contributed by atoms with Crippen molar-refractivity contribution in [1.82, 2.24) is 0 Å². The van der Waals surface area contributed by atoms with Gasteiger partial charge in [0, 0.05) is 12.1 Å². The van der Waals surface area contributed by atoms with Gasteiger partial charge in [-0.3, -0.25) is 19.7 Å². The highest BCUT2D eigenvalue weighted by Crippen LogP contribution is 2.37. The maximum atomic E-state index is 13.1. The van der Waals surface area contributed by atoms with Gasteiger partial charge < -0.3 is 10.1 Å². The fourth-order valence-electron chi connectivity index (χ4n) is 2.35. The van der Waals surface area contributed by atoms with Crippen molar-refractivity contribution in [3.63, 3.8) is 0 Å². The number of rotatable bonds is 6. The molecule has 2 rings (SSSR count). The Morgan fingerprint density at radius 3 is 2.10 bits per heavy atom. The fraction of sp³-hybridized carbons (Fsp3) is 0.222. The summed E-state index contributed by atoms with van der Waals surface area (Å²) in [7, 11) is 0.